The van der Waals surface area contributed by atoms with E-state index in [-0.39, 0.29) is 23.5 Å². The van der Waals surface area contributed by atoms with E-state index in [2.05, 4.69) is 59.0 Å². The number of rotatable bonds is 18. The van der Waals surface area contributed by atoms with Crippen LogP contribution in [-0.2, 0) is 36.9 Å². The Morgan fingerprint density at radius 3 is 1.44 bits per heavy atom. The van der Waals surface area contributed by atoms with Crippen LogP contribution >= 0.6 is 97.6 Å². The van der Waals surface area contributed by atoms with Gasteiger partial charge in [0.1, 0.15) is 20.9 Å². The molecule has 0 unspecified atom stereocenters. The lowest BCUT2D eigenvalue weighted by Gasteiger charge is -2.10. The van der Waals surface area contributed by atoms with E-state index in [4.69, 9.17) is 46.4 Å². The lowest BCUT2D eigenvalue weighted by Crippen LogP contribution is -2.23. The maximum absolute atomic E-state index is 13.8. The minimum Gasteiger partial charge on any atom is -0.348 e. The van der Waals surface area contributed by atoms with Crippen LogP contribution in [0, 0.1) is 12.7 Å². The van der Waals surface area contributed by atoms with Crippen LogP contribution in [0.15, 0.2) is 214 Å². The first-order valence-corrected chi connectivity index (χ1v) is 29.6. The average Bonchev–Trinajstić information content (AvgIpc) is 3.48. The number of hydrogen-bond donors (Lipinski definition) is 3. The van der Waals surface area contributed by atoms with Gasteiger partial charge in [-0.05, 0) is 119 Å². The van der Waals surface area contributed by atoms with Gasteiger partial charge in [0.2, 0.25) is 0 Å². The number of aromatic nitrogens is 3. The topological polar surface area (TPSA) is 126 Å². The van der Waals surface area contributed by atoms with Gasteiger partial charge in [-0.3, -0.25) is 14.4 Å². The minimum absolute atomic E-state index is 0.101. The number of hydrogen-bond acceptors (Lipinski definition) is 9. The molecule has 0 saturated heterocycles. The summed E-state index contributed by atoms with van der Waals surface area (Å²) in [5, 5.41) is 12.9. The van der Waals surface area contributed by atoms with Crippen molar-refractivity contribution < 1.29 is 18.8 Å². The predicted molar refractivity (Wildman–Crippen MR) is 326 cm³/mol. The summed E-state index contributed by atoms with van der Waals surface area (Å²) >= 11 is 32.1. The molecule has 79 heavy (non-hydrogen) atoms. The molecule has 3 aromatic heterocycles. The largest absolute Gasteiger partial charge is 0.348 e. The van der Waals surface area contributed by atoms with E-state index in [1.165, 1.54) is 40.7 Å². The van der Waals surface area contributed by atoms with Gasteiger partial charge in [-0.25, -0.2) is 19.3 Å². The predicted octanol–water partition coefficient (Wildman–Crippen LogP) is 16.7. The molecule has 6 aromatic carbocycles. The fraction of sp³-hybridized carbons (Fsp3) is 0.115. The lowest BCUT2D eigenvalue weighted by atomic mass is 10.1. The van der Waals surface area contributed by atoms with Crippen LogP contribution in [-0.4, -0.2) is 32.7 Å². The van der Waals surface area contributed by atoms with Gasteiger partial charge in [-0.2, -0.15) is 0 Å². The molecule has 0 atom stereocenters. The number of carbonyl (C=O) groups excluding carboxylic acids is 3. The fourth-order valence-electron chi connectivity index (χ4n) is 7.16. The second kappa shape index (κ2) is 31.6. The van der Waals surface area contributed by atoms with Crippen molar-refractivity contribution >= 4 is 115 Å². The summed E-state index contributed by atoms with van der Waals surface area (Å²) in [6.07, 6.45) is 5.01. The molecule has 0 spiro atoms. The Bertz CT molecular complexity index is 3510. The first-order chi connectivity index (χ1) is 38.3. The summed E-state index contributed by atoms with van der Waals surface area (Å²) in [6, 6.07) is 53.7. The van der Waals surface area contributed by atoms with Crippen LogP contribution in [0.25, 0.3) is 0 Å². The number of amides is 3. The van der Waals surface area contributed by atoms with Gasteiger partial charge in [0.15, 0.2) is 0 Å². The van der Waals surface area contributed by atoms with Gasteiger partial charge in [0.05, 0.1) is 26.7 Å². The molecule has 0 bridgehead atoms. The first kappa shape index (κ1) is 60.4. The number of nitrogens with one attached hydrogen (secondary N) is 3. The molecule has 0 aliphatic rings. The highest BCUT2D eigenvalue weighted by atomic mass is 79.9. The summed E-state index contributed by atoms with van der Waals surface area (Å²) in [6.45, 7) is 3.22. The molecule has 3 N–H and O–H groups in total. The van der Waals surface area contributed by atoms with Crippen LogP contribution in [0.1, 0.15) is 70.0 Å². The highest BCUT2D eigenvalue weighted by molar-refractivity contribution is 9.10. The van der Waals surface area contributed by atoms with Crippen molar-refractivity contribution in [2.75, 3.05) is 0 Å². The number of pyridine rings is 3. The zero-order valence-electron chi connectivity index (χ0n) is 42.3. The van der Waals surface area contributed by atoms with Gasteiger partial charge < -0.3 is 16.0 Å². The highest BCUT2D eigenvalue weighted by Crippen LogP contribution is 2.30. The molecular formula is C61H50BrCl4FN6O3S3. The molecule has 0 aliphatic heterocycles. The lowest BCUT2D eigenvalue weighted by molar-refractivity contribution is 0.0939. The Kier molecular flexibility index (Phi) is 24.1. The van der Waals surface area contributed by atoms with Crippen LogP contribution in [0.2, 0.25) is 20.1 Å². The minimum atomic E-state index is -0.272. The summed E-state index contributed by atoms with van der Waals surface area (Å²) in [5.74, 6) is 0.972. The van der Waals surface area contributed by atoms with Crippen LogP contribution < -0.4 is 16.0 Å². The molecule has 3 amide bonds. The Morgan fingerprint density at radius 1 is 0.443 bits per heavy atom. The number of nitrogens with zero attached hydrogens (tertiary/aromatic N) is 3. The second-order valence-corrected chi connectivity index (χ2v) is 22.6. The molecule has 0 aliphatic carbocycles. The van der Waals surface area contributed by atoms with Crippen LogP contribution in [0.3, 0.4) is 0 Å². The Balaban J connectivity index is 0.000000172. The number of carbonyl (C=O) groups is 3. The summed E-state index contributed by atoms with van der Waals surface area (Å²) in [4.78, 5) is 50.8. The zero-order chi connectivity index (χ0) is 55.9. The van der Waals surface area contributed by atoms with E-state index in [1.54, 1.807) is 103 Å². The van der Waals surface area contributed by atoms with Gasteiger partial charge >= 0.3 is 0 Å². The average molecular weight is 1250 g/mol. The van der Waals surface area contributed by atoms with Gasteiger partial charge in [0.25, 0.3) is 17.7 Å². The van der Waals surface area contributed by atoms with Crippen molar-refractivity contribution in [1.29, 1.82) is 0 Å². The molecule has 3 heterocycles. The molecule has 0 fully saturated rings. The Hall–Kier alpha value is -6.20. The van der Waals surface area contributed by atoms with E-state index < -0.39 is 0 Å². The zero-order valence-corrected chi connectivity index (χ0v) is 49.3. The van der Waals surface area contributed by atoms with Crippen molar-refractivity contribution in [3.63, 3.8) is 0 Å². The Morgan fingerprint density at radius 2 is 0.911 bits per heavy atom. The molecular weight excluding hydrogens is 1200 g/mol. The van der Waals surface area contributed by atoms with Crippen LogP contribution in [0.4, 0.5) is 4.39 Å². The van der Waals surface area contributed by atoms with Crippen molar-refractivity contribution in [3.05, 3.63) is 281 Å². The quantitative estimate of drug-likeness (QED) is 0.0720. The monoisotopic (exact) mass is 1250 g/mol. The number of aryl methyl sites for hydroxylation is 1. The van der Waals surface area contributed by atoms with Gasteiger partial charge in [-0.15, -0.1) is 35.3 Å². The summed E-state index contributed by atoms with van der Waals surface area (Å²) in [5.41, 5.74) is 8.34. The molecule has 0 saturated carbocycles. The Labute approximate surface area is 500 Å². The highest BCUT2D eigenvalue weighted by Gasteiger charge is 2.17. The summed E-state index contributed by atoms with van der Waals surface area (Å²) < 4.78 is 14.8. The molecule has 9 nitrogen and oxygen atoms in total. The second-order valence-electron chi connectivity index (χ2n) is 17.1. The molecule has 9 rings (SSSR count). The maximum atomic E-state index is 13.8. The smallest absolute Gasteiger partial charge is 0.254 e. The third-order valence-electron chi connectivity index (χ3n) is 11.4. The van der Waals surface area contributed by atoms with Crippen LogP contribution in [0.5, 0.6) is 0 Å². The van der Waals surface area contributed by atoms with E-state index in [0.717, 1.165) is 37.5 Å². The summed E-state index contributed by atoms with van der Waals surface area (Å²) in [7, 11) is 0. The SMILES string of the molecule is Cc1ccc(CNC(=O)c2cccnc2SCc2cccc(Br)c2)cc1.O=C(NCc1ccc(Cl)c(Cl)c1)c1cccnc1SCc1ccccc1F.O=C(NCc1ccccc1Cl)c1cccnc1SCc1ccccc1Cl. The van der Waals surface area contributed by atoms with Crippen molar-refractivity contribution in [2.45, 2.75) is 58.9 Å². The number of halogens is 6. The van der Waals surface area contributed by atoms with E-state index >= 15 is 0 Å². The first-order valence-electron chi connectivity index (χ1n) is 24.3. The van der Waals surface area contributed by atoms with E-state index in [9.17, 15) is 18.8 Å². The standard InChI is InChI=1S/C21H19BrN2OS.C20H15Cl2FN2OS.C20H16Cl2N2OS/c1-15-7-9-16(10-8-15)13-24-20(25)19-6-3-11-23-21(19)26-14-17-4-2-5-18(22)12-17;21-16-8-7-13(10-17(16)22)11-25-19(26)15-5-3-9-24-20(15)27-12-14-4-1-2-6-18(14)23;21-17-9-3-1-6-14(17)12-24-19(25)16-8-5-11-23-20(16)26-13-15-7-2-4-10-18(15)22/h2-12H,13-14H2,1H3,(H,24,25);1-10H,11-12H2,(H,25,26);1-11H,12-13H2,(H,24,25). The van der Waals surface area contributed by atoms with Gasteiger partial charge in [0, 0.05) is 70.0 Å². The van der Waals surface area contributed by atoms with E-state index in [1.807, 2.05) is 91.9 Å². The van der Waals surface area contributed by atoms with Crippen molar-refractivity contribution in [2.24, 2.45) is 0 Å². The van der Waals surface area contributed by atoms with Crippen molar-refractivity contribution in [3.8, 4) is 0 Å². The molecule has 18 heteroatoms. The maximum Gasteiger partial charge on any atom is 0.254 e. The van der Waals surface area contributed by atoms with Crippen molar-refractivity contribution in [1.82, 2.24) is 30.9 Å². The van der Waals surface area contributed by atoms with E-state index in [0.29, 0.717) is 83.5 Å². The normalized spacial score (nSPS) is 10.6. The molecule has 402 valence electrons. The third-order valence-corrected chi connectivity index (χ3v) is 16.5. The van der Waals surface area contributed by atoms with Gasteiger partial charge in [-0.1, -0.05) is 165 Å². The number of benzene rings is 6. The number of thioether (sulfide) groups is 3. The molecule has 9 aromatic rings. The third kappa shape index (κ3) is 19.3. The molecule has 0 radical (unpaired) electrons. The fourth-order valence-corrected chi connectivity index (χ4v) is 11.3.